The lowest BCUT2D eigenvalue weighted by Gasteiger charge is -2.20. The first-order valence-corrected chi connectivity index (χ1v) is 9.22. The summed E-state index contributed by atoms with van der Waals surface area (Å²) in [5.74, 6) is -0.406. The van der Waals surface area contributed by atoms with Crippen LogP contribution in [-0.2, 0) is 6.54 Å². The molecule has 3 aromatic carbocycles. The second-order valence-corrected chi connectivity index (χ2v) is 7.24. The third-order valence-corrected chi connectivity index (χ3v) is 5.56. The van der Waals surface area contributed by atoms with E-state index < -0.39 is 0 Å². The third kappa shape index (κ3) is 2.85. The molecule has 128 valence electrons. The minimum Gasteiger partial charge on any atom is -0.377 e. The summed E-state index contributed by atoms with van der Waals surface area (Å²) in [6, 6.07) is 18.6. The van der Waals surface area contributed by atoms with Crippen LogP contribution in [0.1, 0.15) is 26.3 Å². The number of fused-ring (bicyclic) bond motifs is 2. The van der Waals surface area contributed by atoms with E-state index >= 15 is 0 Å². The summed E-state index contributed by atoms with van der Waals surface area (Å²) < 4.78 is 0.248. The highest BCUT2D eigenvalue weighted by Gasteiger charge is 2.31. The molecule has 0 spiro atoms. The van der Waals surface area contributed by atoms with E-state index in [0.29, 0.717) is 22.7 Å². The van der Waals surface area contributed by atoms with Crippen LogP contribution in [0.3, 0.4) is 0 Å². The molecule has 0 unspecified atom stereocenters. The molecule has 0 saturated carbocycles. The number of hydrogen-bond donors (Lipinski definition) is 1. The third-order valence-electron chi connectivity index (χ3n) is 4.43. The lowest BCUT2D eigenvalue weighted by atomic mass is 9.90. The SMILES string of the molecule is O=C1C(Br)=C(NCc2ccccc2Cl)C(=O)c2cc3ccccc3cc21. The van der Waals surface area contributed by atoms with Gasteiger partial charge in [0.1, 0.15) is 5.70 Å². The maximum absolute atomic E-state index is 13.0. The number of hydrogen-bond acceptors (Lipinski definition) is 3. The van der Waals surface area contributed by atoms with Gasteiger partial charge in [0.2, 0.25) is 11.6 Å². The fraction of sp³-hybridized carbons (Fsp3) is 0.0476. The molecular formula is C21H13BrClNO2. The minimum absolute atomic E-state index is 0.202. The summed E-state index contributed by atoms with van der Waals surface area (Å²) >= 11 is 9.47. The maximum Gasteiger partial charge on any atom is 0.210 e. The zero-order valence-electron chi connectivity index (χ0n) is 13.6. The number of carbonyl (C=O) groups excluding carboxylic acids is 2. The number of benzene rings is 3. The van der Waals surface area contributed by atoms with Crippen molar-refractivity contribution in [1.82, 2.24) is 5.32 Å². The summed E-state index contributed by atoms with van der Waals surface area (Å²) in [6.45, 7) is 0.353. The van der Waals surface area contributed by atoms with Crippen molar-refractivity contribution in [3.63, 3.8) is 0 Å². The van der Waals surface area contributed by atoms with Gasteiger partial charge >= 0.3 is 0 Å². The summed E-state index contributed by atoms with van der Waals surface area (Å²) in [6.07, 6.45) is 0. The van der Waals surface area contributed by atoms with Gasteiger partial charge in [-0.1, -0.05) is 54.1 Å². The number of carbonyl (C=O) groups is 2. The standard InChI is InChI=1S/C21H13BrClNO2/c22-18-19(24-11-14-7-3-4-8-17(14)23)21(26)16-10-13-6-2-1-5-12(13)9-15(16)20(18)25/h1-10,24H,11H2. The molecule has 0 heterocycles. The van der Waals surface area contributed by atoms with E-state index in [9.17, 15) is 9.59 Å². The lowest BCUT2D eigenvalue weighted by Crippen LogP contribution is -2.28. The smallest absolute Gasteiger partial charge is 0.210 e. The number of allylic oxidation sites excluding steroid dienone is 2. The van der Waals surface area contributed by atoms with E-state index in [1.165, 1.54) is 0 Å². The second-order valence-electron chi connectivity index (χ2n) is 6.04. The van der Waals surface area contributed by atoms with Crippen molar-refractivity contribution < 1.29 is 9.59 Å². The summed E-state index contributed by atoms with van der Waals surface area (Å²) in [5.41, 5.74) is 1.95. The molecule has 0 saturated heterocycles. The van der Waals surface area contributed by atoms with E-state index in [4.69, 9.17) is 11.6 Å². The van der Waals surface area contributed by atoms with E-state index in [1.54, 1.807) is 18.2 Å². The quantitative estimate of drug-likeness (QED) is 0.621. The van der Waals surface area contributed by atoms with E-state index in [-0.39, 0.29) is 21.7 Å². The number of ketones is 2. The average Bonchev–Trinajstić information content (AvgIpc) is 2.66. The van der Waals surface area contributed by atoms with E-state index in [0.717, 1.165) is 16.3 Å². The van der Waals surface area contributed by atoms with E-state index in [1.807, 2.05) is 42.5 Å². The van der Waals surface area contributed by atoms with Crippen LogP contribution >= 0.6 is 27.5 Å². The van der Waals surface area contributed by atoms with Gasteiger partial charge < -0.3 is 5.32 Å². The Bertz CT molecular complexity index is 1100. The minimum atomic E-state index is -0.204. The highest BCUT2D eigenvalue weighted by atomic mass is 79.9. The summed E-state index contributed by atoms with van der Waals surface area (Å²) in [4.78, 5) is 25.8. The Kier molecular flexibility index (Phi) is 4.39. The van der Waals surface area contributed by atoms with Gasteiger partial charge in [0.05, 0.1) is 4.48 Å². The van der Waals surface area contributed by atoms with Crippen LogP contribution in [0.25, 0.3) is 10.8 Å². The predicted molar refractivity (Wildman–Crippen MR) is 107 cm³/mol. The van der Waals surface area contributed by atoms with Crippen LogP contribution < -0.4 is 5.32 Å². The molecule has 1 aliphatic rings. The topological polar surface area (TPSA) is 46.2 Å². The van der Waals surface area contributed by atoms with Crippen molar-refractivity contribution >= 4 is 49.9 Å². The normalized spacial score (nSPS) is 13.9. The molecular weight excluding hydrogens is 414 g/mol. The Labute approximate surface area is 163 Å². The van der Waals surface area contributed by atoms with Crippen LogP contribution in [-0.4, -0.2) is 11.6 Å². The summed E-state index contributed by atoms with van der Waals surface area (Å²) in [7, 11) is 0. The van der Waals surface area contributed by atoms with Gasteiger partial charge in [-0.2, -0.15) is 0 Å². The van der Waals surface area contributed by atoms with Crippen LogP contribution in [0.2, 0.25) is 5.02 Å². The molecule has 3 aromatic rings. The molecule has 1 aliphatic carbocycles. The number of nitrogens with one attached hydrogen (secondary N) is 1. The Balaban J connectivity index is 1.73. The molecule has 0 amide bonds. The van der Waals surface area contributed by atoms with Gasteiger partial charge in [-0.15, -0.1) is 0 Å². The zero-order chi connectivity index (χ0) is 18.3. The number of halogens is 2. The lowest BCUT2D eigenvalue weighted by molar-refractivity contribution is 0.0976. The predicted octanol–water partition coefficient (Wildman–Crippen LogP) is 5.27. The van der Waals surface area contributed by atoms with Crippen LogP contribution in [0, 0.1) is 0 Å². The van der Waals surface area contributed by atoms with Gasteiger partial charge in [-0.3, -0.25) is 9.59 Å². The molecule has 0 aromatic heterocycles. The van der Waals surface area contributed by atoms with Gasteiger partial charge in [0.25, 0.3) is 0 Å². The highest BCUT2D eigenvalue weighted by molar-refractivity contribution is 9.12. The van der Waals surface area contributed by atoms with Crippen LogP contribution in [0.5, 0.6) is 0 Å². The molecule has 0 fully saturated rings. The Hall–Kier alpha value is -2.43. The molecule has 3 nitrogen and oxygen atoms in total. The highest BCUT2D eigenvalue weighted by Crippen LogP contribution is 2.32. The van der Waals surface area contributed by atoms with Gasteiger partial charge in [-0.05, 0) is 50.5 Å². The monoisotopic (exact) mass is 425 g/mol. The van der Waals surface area contributed by atoms with Gasteiger partial charge in [-0.25, -0.2) is 0 Å². The first-order valence-electron chi connectivity index (χ1n) is 8.05. The molecule has 0 radical (unpaired) electrons. The van der Waals surface area contributed by atoms with Crippen LogP contribution in [0.4, 0.5) is 0 Å². The molecule has 0 atom stereocenters. The zero-order valence-corrected chi connectivity index (χ0v) is 15.9. The maximum atomic E-state index is 13.0. The average molecular weight is 427 g/mol. The summed E-state index contributed by atoms with van der Waals surface area (Å²) in [5, 5.41) is 5.54. The fourth-order valence-corrected chi connectivity index (χ4v) is 3.80. The molecule has 0 aliphatic heterocycles. The first kappa shape index (κ1) is 17.0. The van der Waals surface area contributed by atoms with Crippen molar-refractivity contribution in [3.8, 4) is 0 Å². The number of rotatable bonds is 3. The first-order chi connectivity index (χ1) is 12.6. The molecule has 5 heteroatoms. The van der Waals surface area contributed by atoms with Crippen molar-refractivity contribution in [1.29, 1.82) is 0 Å². The Morgan fingerprint density at radius 2 is 1.42 bits per heavy atom. The fourth-order valence-electron chi connectivity index (χ4n) is 3.07. The second kappa shape index (κ2) is 6.71. The van der Waals surface area contributed by atoms with Crippen LogP contribution in [0.15, 0.2) is 70.8 Å². The van der Waals surface area contributed by atoms with Gasteiger partial charge in [0.15, 0.2) is 0 Å². The molecule has 0 bridgehead atoms. The Morgan fingerprint density at radius 1 is 0.846 bits per heavy atom. The van der Waals surface area contributed by atoms with E-state index in [2.05, 4.69) is 21.2 Å². The van der Waals surface area contributed by atoms with Crippen molar-refractivity contribution in [2.75, 3.05) is 0 Å². The van der Waals surface area contributed by atoms with Crippen molar-refractivity contribution in [3.05, 3.63) is 92.6 Å². The van der Waals surface area contributed by atoms with Gasteiger partial charge in [0, 0.05) is 22.7 Å². The van der Waals surface area contributed by atoms with Crippen molar-refractivity contribution in [2.24, 2.45) is 0 Å². The molecule has 4 rings (SSSR count). The molecule has 1 N–H and O–H groups in total. The Morgan fingerprint density at radius 3 is 2.08 bits per heavy atom. The largest absolute Gasteiger partial charge is 0.377 e. The molecule has 26 heavy (non-hydrogen) atoms. The number of Topliss-reactive ketones (excluding diaryl/α,β-unsaturated/α-hetero) is 2. The van der Waals surface area contributed by atoms with Crippen molar-refractivity contribution in [2.45, 2.75) is 6.54 Å².